The van der Waals surface area contributed by atoms with Gasteiger partial charge in [0.15, 0.2) is 0 Å². The number of halogens is 1. The summed E-state index contributed by atoms with van der Waals surface area (Å²) < 4.78 is 13.9. The fourth-order valence-electron chi connectivity index (χ4n) is 2.92. The molecule has 0 spiro atoms. The van der Waals surface area contributed by atoms with Gasteiger partial charge in [-0.15, -0.1) is 0 Å². The molecule has 1 aliphatic rings. The maximum Gasteiger partial charge on any atom is 0.127 e. The van der Waals surface area contributed by atoms with Gasteiger partial charge in [-0.2, -0.15) is 0 Å². The molecule has 2 N–H and O–H groups in total. The Labute approximate surface area is 131 Å². The molecule has 3 nitrogen and oxygen atoms in total. The lowest BCUT2D eigenvalue weighted by Gasteiger charge is -2.36. The smallest absolute Gasteiger partial charge is 0.127 e. The molecular weight excluding hydrogens is 277 g/mol. The minimum Gasteiger partial charge on any atom is -0.369 e. The molecule has 0 bridgehead atoms. The summed E-state index contributed by atoms with van der Waals surface area (Å²) in [5.41, 5.74) is 8.64. The molecule has 1 saturated heterocycles. The van der Waals surface area contributed by atoms with E-state index >= 15 is 0 Å². The normalized spacial score (nSPS) is 16.0. The number of hydrogen-bond donors (Lipinski definition) is 1. The molecule has 3 rings (SSSR count). The van der Waals surface area contributed by atoms with Crippen molar-refractivity contribution in [3.05, 3.63) is 65.5 Å². The minimum atomic E-state index is -0.136. The van der Waals surface area contributed by atoms with Crippen molar-refractivity contribution in [2.75, 3.05) is 31.1 Å². The van der Waals surface area contributed by atoms with Crippen LogP contribution in [0.25, 0.3) is 0 Å². The van der Waals surface area contributed by atoms with E-state index < -0.39 is 0 Å². The zero-order valence-electron chi connectivity index (χ0n) is 12.7. The van der Waals surface area contributed by atoms with E-state index in [4.69, 9.17) is 5.73 Å². The topological polar surface area (TPSA) is 32.5 Å². The first-order chi connectivity index (χ1) is 10.8. The lowest BCUT2D eigenvalue weighted by Crippen LogP contribution is -2.46. The molecule has 0 radical (unpaired) electrons. The summed E-state index contributed by atoms with van der Waals surface area (Å²) in [6.07, 6.45) is 0. The number of benzene rings is 2. The second-order valence-electron chi connectivity index (χ2n) is 5.73. The number of hydrogen-bond acceptors (Lipinski definition) is 3. The van der Waals surface area contributed by atoms with Crippen molar-refractivity contribution >= 4 is 5.69 Å². The summed E-state index contributed by atoms with van der Waals surface area (Å²) in [6, 6.07) is 15.6. The van der Waals surface area contributed by atoms with Crippen LogP contribution in [-0.4, -0.2) is 31.1 Å². The molecular formula is C18H22FN3. The lowest BCUT2D eigenvalue weighted by atomic mass is 10.1. The van der Waals surface area contributed by atoms with Crippen LogP contribution in [0.15, 0.2) is 48.5 Å². The summed E-state index contributed by atoms with van der Waals surface area (Å²) in [4.78, 5) is 4.68. The van der Waals surface area contributed by atoms with Gasteiger partial charge in [-0.05, 0) is 23.8 Å². The molecule has 1 heterocycles. The molecule has 0 aromatic heterocycles. The predicted octanol–water partition coefficient (Wildman–Crippen LogP) is 2.61. The summed E-state index contributed by atoms with van der Waals surface area (Å²) in [5, 5.41) is 0. The Balaban J connectivity index is 1.60. The zero-order chi connectivity index (χ0) is 15.4. The van der Waals surface area contributed by atoms with Gasteiger partial charge in [0.1, 0.15) is 5.82 Å². The predicted molar refractivity (Wildman–Crippen MR) is 88.2 cm³/mol. The van der Waals surface area contributed by atoms with Crippen LogP contribution in [0.2, 0.25) is 0 Å². The maximum atomic E-state index is 13.9. The monoisotopic (exact) mass is 299 g/mol. The highest BCUT2D eigenvalue weighted by Gasteiger charge is 2.18. The van der Waals surface area contributed by atoms with E-state index in [-0.39, 0.29) is 5.82 Å². The van der Waals surface area contributed by atoms with E-state index in [0.717, 1.165) is 37.3 Å². The first kappa shape index (κ1) is 15.0. The number of anilines is 1. The standard InChI is InChI=1S/C18H22FN3/c19-18-7-6-15(13-20)12-16(18)14-21-8-10-22(11-9-21)17-4-2-1-3-5-17/h1-7,12H,8-11,13-14,20H2. The largest absolute Gasteiger partial charge is 0.369 e. The minimum absolute atomic E-state index is 0.136. The molecule has 2 aromatic rings. The first-order valence-corrected chi connectivity index (χ1v) is 7.76. The van der Waals surface area contributed by atoms with E-state index in [1.54, 1.807) is 6.07 Å². The molecule has 0 amide bonds. The van der Waals surface area contributed by atoms with Crippen LogP contribution >= 0.6 is 0 Å². The third-order valence-electron chi connectivity index (χ3n) is 4.23. The SMILES string of the molecule is NCc1ccc(F)c(CN2CCN(c3ccccc3)CC2)c1. The molecule has 0 unspecified atom stereocenters. The highest BCUT2D eigenvalue weighted by atomic mass is 19.1. The van der Waals surface area contributed by atoms with Gasteiger partial charge in [0.05, 0.1) is 0 Å². The number of piperazine rings is 1. The quantitative estimate of drug-likeness (QED) is 0.942. The fraction of sp³-hybridized carbons (Fsp3) is 0.333. The van der Waals surface area contributed by atoms with Crippen LogP contribution in [-0.2, 0) is 13.1 Å². The second kappa shape index (κ2) is 6.90. The third-order valence-corrected chi connectivity index (χ3v) is 4.23. The Morgan fingerprint density at radius 3 is 2.36 bits per heavy atom. The molecule has 0 atom stereocenters. The number of rotatable bonds is 4. The molecule has 116 valence electrons. The highest BCUT2D eigenvalue weighted by molar-refractivity contribution is 5.46. The Morgan fingerprint density at radius 2 is 1.68 bits per heavy atom. The first-order valence-electron chi connectivity index (χ1n) is 7.76. The second-order valence-corrected chi connectivity index (χ2v) is 5.73. The lowest BCUT2D eigenvalue weighted by molar-refractivity contribution is 0.246. The van der Waals surface area contributed by atoms with Crippen LogP contribution in [0.5, 0.6) is 0 Å². The van der Waals surface area contributed by atoms with Crippen molar-refractivity contribution < 1.29 is 4.39 Å². The summed E-state index contributed by atoms with van der Waals surface area (Å²) in [6.45, 7) is 4.95. The van der Waals surface area contributed by atoms with Gasteiger partial charge in [-0.3, -0.25) is 4.90 Å². The van der Waals surface area contributed by atoms with Crippen LogP contribution in [0.4, 0.5) is 10.1 Å². The molecule has 22 heavy (non-hydrogen) atoms. The molecule has 4 heteroatoms. The van der Waals surface area contributed by atoms with Crippen molar-refractivity contribution in [2.45, 2.75) is 13.1 Å². The molecule has 1 fully saturated rings. The number of para-hydroxylation sites is 1. The van der Waals surface area contributed by atoms with Crippen LogP contribution in [0.3, 0.4) is 0 Å². The van der Waals surface area contributed by atoms with Gasteiger partial charge in [-0.25, -0.2) is 4.39 Å². The highest BCUT2D eigenvalue weighted by Crippen LogP contribution is 2.18. The Hall–Kier alpha value is -1.91. The van der Waals surface area contributed by atoms with Crippen LogP contribution in [0.1, 0.15) is 11.1 Å². The average Bonchev–Trinajstić information content (AvgIpc) is 2.58. The Morgan fingerprint density at radius 1 is 0.955 bits per heavy atom. The van der Waals surface area contributed by atoms with Gasteiger partial charge >= 0.3 is 0 Å². The zero-order valence-corrected chi connectivity index (χ0v) is 12.7. The average molecular weight is 299 g/mol. The van der Waals surface area contributed by atoms with Crippen LogP contribution in [0, 0.1) is 5.82 Å². The summed E-state index contributed by atoms with van der Waals surface area (Å²) >= 11 is 0. The van der Waals surface area contributed by atoms with Gasteiger partial charge < -0.3 is 10.6 Å². The van der Waals surface area contributed by atoms with Crippen LogP contribution < -0.4 is 10.6 Å². The number of nitrogens with zero attached hydrogens (tertiary/aromatic N) is 2. The molecule has 2 aromatic carbocycles. The van der Waals surface area contributed by atoms with Crippen molar-refractivity contribution in [3.8, 4) is 0 Å². The van der Waals surface area contributed by atoms with Gasteiger partial charge in [-0.1, -0.05) is 30.3 Å². The van der Waals surface area contributed by atoms with Gasteiger partial charge in [0.2, 0.25) is 0 Å². The van der Waals surface area contributed by atoms with E-state index in [1.165, 1.54) is 11.8 Å². The Kier molecular flexibility index (Phi) is 4.71. The maximum absolute atomic E-state index is 13.9. The molecule has 1 aliphatic heterocycles. The summed E-state index contributed by atoms with van der Waals surface area (Å²) in [5.74, 6) is -0.136. The van der Waals surface area contributed by atoms with Crippen molar-refractivity contribution in [2.24, 2.45) is 5.73 Å². The van der Waals surface area contributed by atoms with E-state index in [9.17, 15) is 4.39 Å². The molecule has 0 aliphatic carbocycles. The van der Waals surface area contributed by atoms with E-state index in [1.807, 2.05) is 12.1 Å². The third kappa shape index (κ3) is 3.46. The Bertz CT molecular complexity index is 607. The van der Waals surface area contributed by atoms with E-state index in [2.05, 4.69) is 34.1 Å². The number of nitrogens with two attached hydrogens (primary N) is 1. The fourth-order valence-corrected chi connectivity index (χ4v) is 2.92. The summed E-state index contributed by atoms with van der Waals surface area (Å²) in [7, 11) is 0. The van der Waals surface area contributed by atoms with Crippen molar-refractivity contribution in [1.82, 2.24) is 4.90 Å². The molecule has 0 saturated carbocycles. The van der Waals surface area contributed by atoms with Gasteiger partial charge in [0.25, 0.3) is 0 Å². The van der Waals surface area contributed by atoms with Crippen molar-refractivity contribution in [3.63, 3.8) is 0 Å². The van der Waals surface area contributed by atoms with E-state index in [0.29, 0.717) is 13.1 Å². The van der Waals surface area contributed by atoms with Gasteiger partial charge in [0, 0.05) is 50.5 Å². The van der Waals surface area contributed by atoms with Crippen molar-refractivity contribution in [1.29, 1.82) is 0 Å².